The Bertz CT molecular complexity index is 1540. The Hall–Kier alpha value is -2.49. The third-order valence-corrected chi connectivity index (χ3v) is 19.0. The fourth-order valence-electron chi connectivity index (χ4n) is 6.35. The van der Waals surface area contributed by atoms with Crippen molar-refractivity contribution in [3.8, 4) is 11.3 Å². The lowest BCUT2D eigenvalue weighted by Gasteiger charge is -2.54. The lowest BCUT2D eigenvalue weighted by molar-refractivity contribution is -0.0795. The number of hydrogen-bond acceptors (Lipinski definition) is 8. The average molecular weight is 653 g/mol. The Kier molecular flexibility index (Phi) is 8.76. The number of imidazole rings is 1. The van der Waals surface area contributed by atoms with Crippen LogP contribution in [-0.2, 0) is 18.0 Å². The first-order valence-electron chi connectivity index (χ1n) is 15.9. The van der Waals surface area contributed by atoms with Crippen molar-refractivity contribution in [2.24, 2.45) is 4.99 Å². The van der Waals surface area contributed by atoms with E-state index in [9.17, 15) is 0 Å². The molecule has 3 aromatic rings. The molecule has 5 rings (SSSR count). The summed E-state index contributed by atoms with van der Waals surface area (Å²) in [4.78, 5) is 20.7. The summed E-state index contributed by atoms with van der Waals surface area (Å²) < 4.78 is 30.2. The topological polar surface area (TPSA) is 96.1 Å². The minimum absolute atomic E-state index is 0.00416. The molecule has 2 aromatic heterocycles. The summed E-state index contributed by atoms with van der Waals surface area (Å²) in [6.07, 6.45) is 3.76. The van der Waals surface area contributed by atoms with Gasteiger partial charge in [0.1, 0.15) is 35.8 Å². The Morgan fingerprint density at radius 3 is 2.33 bits per heavy atom. The van der Waals surface area contributed by atoms with E-state index in [-0.39, 0.29) is 33.4 Å². The highest BCUT2D eigenvalue weighted by Crippen LogP contribution is 2.56. The zero-order valence-corrected chi connectivity index (χ0v) is 31.4. The summed E-state index contributed by atoms with van der Waals surface area (Å²) in [5.41, 5.74) is 3.87. The van der Waals surface area contributed by atoms with Crippen LogP contribution >= 0.6 is 0 Å². The molecule has 0 amide bonds. The van der Waals surface area contributed by atoms with E-state index in [1.54, 1.807) is 19.0 Å². The van der Waals surface area contributed by atoms with Gasteiger partial charge < -0.3 is 22.9 Å². The molecule has 2 aliphatic rings. The number of ether oxygens (including phenoxy) is 1. The van der Waals surface area contributed by atoms with Crippen LogP contribution in [0.1, 0.15) is 68.5 Å². The molecule has 0 unspecified atom stereocenters. The second-order valence-electron chi connectivity index (χ2n) is 16.2. The number of rotatable bonds is 6. The maximum absolute atomic E-state index is 7.29. The number of aromatic nitrogens is 4. The van der Waals surface area contributed by atoms with Crippen LogP contribution in [0.15, 0.2) is 41.9 Å². The molecular formula is C33H52N6O4Si2. The molecule has 4 heterocycles. The van der Waals surface area contributed by atoms with Gasteiger partial charge in [0.25, 0.3) is 0 Å². The minimum Gasteiger partial charge on any atom is -0.407 e. The summed E-state index contributed by atoms with van der Waals surface area (Å²) in [6.45, 7) is 25.3. The molecule has 2 aliphatic heterocycles. The van der Waals surface area contributed by atoms with Crippen molar-refractivity contribution < 1.29 is 18.0 Å². The van der Waals surface area contributed by atoms with Crippen LogP contribution in [0.25, 0.3) is 22.4 Å². The van der Waals surface area contributed by atoms with E-state index in [1.807, 2.05) is 47.8 Å². The SMILES string of the molecule is CN(C)C=Nc1cccc(-c2ncnc3c2ncn3[C@@H]2O[C@@H]3CO[Si](C(C)(C)C)(C(C)(C)C)O[C@H]3[C@H]2O[Si](C)(C)C(C)(C)C)c1. The molecule has 0 bridgehead atoms. The molecule has 45 heavy (non-hydrogen) atoms. The number of nitrogens with zero attached hydrogens (tertiary/aromatic N) is 6. The fourth-order valence-corrected chi connectivity index (χ4v) is 12.6. The van der Waals surface area contributed by atoms with Crippen molar-refractivity contribution in [1.82, 2.24) is 24.4 Å². The lowest BCUT2D eigenvalue weighted by atomic mass is 10.1. The molecule has 10 nitrogen and oxygen atoms in total. The number of fused-ring (bicyclic) bond motifs is 2. The second-order valence-corrected chi connectivity index (χ2v) is 25.7. The van der Waals surface area contributed by atoms with Gasteiger partial charge in [-0.25, -0.2) is 19.9 Å². The van der Waals surface area contributed by atoms with Crippen molar-refractivity contribution in [1.29, 1.82) is 0 Å². The van der Waals surface area contributed by atoms with Crippen molar-refractivity contribution in [2.75, 3.05) is 20.7 Å². The molecule has 0 aliphatic carbocycles. The molecule has 1 aromatic carbocycles. The van der Waals surface area contributed by atoms with E-state index in [0.29, 0.717) is 17.8 Å². The van der Waals surface area contributed by atoms with Crippen LogP contribution < -0.4 is 0 Å². The van der Waals surface area contributed by atoms with Crippen LogP contribution in [0, 0.1) is 0 Å². The zero-order chi connectivity index (χ0) is 33.2. The molecule has 246 valence electrons. The Labute approximate surface area is 271 Å². The highest BCUT2D eigenvalue weighted by Gasteiger charge is 2.66. The van der Waals surface area contributed by atoms with Gasteiger partial charge in [0.15, 0.2) is 20.2 Å². The molecule has 2 fully saturated rings. The monoisotopic (exact) mass is 652 g/mol. The molecular weight excluding hydrogens is 601 g/mol. The molecule has 0 saturated carbocycles. The summed E-state index contributed by atoms with van der Waals surface area (Å²) in [5.74, 6) is 0. The van der Waals surface area contributed by atoms with E-state index in [2.05, 4.69) is 85.4 Å². The van der Waals surface area contributed by atoms with Gasteiger partial charge in [-0.2, -0.15) is 0 Å². The molecule has 12 heteroatoms. The highest BCUT2D eigenvalue weighted by atomic mass is 28.4. The van der Waals surface area contributed by atoms with Gasteiger partial charge >= 0.3 is 8.56 Å². The lowest BCUT2D eigenvalue weighted by Crippen LogP contribution is -2.66. The first-order valence-corrected chi connectivity index (χ1v) is 20.6. The quantitative estimate of drug-likeness (QED) is 0.154. The summed E-state index contributed by atoms with van der Waals surface area (Å²) in [7, 11) is -1.15. The molecule has 0 radical (unpaired) electrons. The zero-order valence-electron chi connectivity index (χ0n) is 29.4. The summed E-state index contributed by atoms with van der Waals surface area (Å²) in [5, 5.41) is -0.328. The molecule has 0 spiro atoms. The van der Waals surface area contributed by atoms with E-state index in [4.69, 9.17) is 28.0 Å². The van der Waals surface area contributed by atoms with E-state index < -0.39 is 23.1 Å². The fraction of sp³-hybridized carbons (Fsp3) is 0.636. The first-order chi connectivity index (χ1) is 20.8. The van der Waals surface area contributed by atoms with Crippen LogP contribution in [0.2, 0.25) is 28.2 Å². The van der Waals surface area contributed by atoms with Crippen molar-refractivity contribution in [2.45, 2.75) is 115 Å². The van der Waals surface area contributed by atoms with Crippen molar-refractivity contribution in [3.63, 3.8) is 0 Å². The Morgan fingerprint density at radius 1 is 1.02 bits per heavy atom. The van der Waals surface area contributed by atoms with Gasteiger partial charge in [-0.3, -0.25) is 4.57 Å². The average Bonchev–Trinajstić information content (AvgIpc) is 3.51. The predicted octanol–water partition coefficient (Wildman–Crippen LogP) is 7.46. The summed E-state index contributed by atoms with van der Waals surface area (Å²) >= 11 is 0. The van der Waals surface area contributed by atoms with Crippen LogP contribution in [0.5, 0.6) is 0 Å². The number of aliphatic imine (C=N–C) groups is 1. The first kappa shape index (κ1) is 33.9. The Balaban J connectivity index is 1.59. The van der Waals surface area contributed by atoms with Crippen molar-refractivity contribution >= 4 is 40.1 Å². The van der Waals surface area contributed by atoms with Gasteiger partial charge in [-0.1, -0.05) is 74.4 Å². The van der Waals surface area contributed by atoms with Gasteiger partial charge in [0.05, 0.1) is 25.0 Å². The smallest absolute Gasteiger partial charge is 0.349 e. The van der Waals surface area contributed by atoms with Gasteiger partial charge in [0.2, 0.25) is 0 Å². The standard InChI is InChI=1S/C33H52N6O4Si2/c1-31(2,3)44(12,13)42-28-27-24(18-40-45(43-27,32(4,5)6)33(7,8)9)41-30(28)39-21-37-26-25(34-19-35-29(26)39)22-15-14-16-23(17-22)36-20-38(10)11/h14-17,19-21,24,27-28,30H,18H2,1-13H3/t24-,27-,28-,30-/m1/s1. The van der Waals surface area contributed by atoms with Gasteiger partial charge in [-0.05, 0) is 30.3 Å². The van der Waals surface area contributed by atoms with Crippen LogP contribution in [0.3, 0.4) is 0 Å². The van der Waals surface area contributed by atoms with E-state index in [1.165, 1.54) is 0 Å². The largest absolute Gasteiger partial charge is 0.407 e. The molecule has 4 atom stereocenters. The van der Waals surface area contributed by atoms with Crippen LogP contribution in [-0.4, -0.2) is 86.6 Å². The van der Waals surface area contributed by atoms with E-state index >= 15 is 0 Å². The molecule has 0 N–H and O–H groups in total. The third kappa shape index (κ3) is 6.17. The number of benzene rings is 1. The van der Waals surface area contributed by atoms with Gasteiger partial charge in [0, 0.05) is 29.7 Å². The predicted molar refractivity (Wildman–Crippen MR) is 185 cm³/mol. The normalized spacial score (nSPS) is 24.4. The van der Waals surface area contributed by atoms with E-state index in [0.717, 1.165) is 16.9 Å². The number of hydrogen-bond donors (Lipinski definition) is 0. The highest BCUT2D eigenvalue weighted by molar-refractivity contribution is 6.74. The molecule has 2 saturated heterocycles. The third-order valence-electron chi connectivity index (χ3n) is 9.44. The summed E-state index contributed by atoms with van der Waals surface area (Å²) in [6, 6.07) is 7.99. The Morgan fingerprint density at radius 2 is 1.71 bits per heavy atom. The second kappa shape index (κ2) is 11.6. The maximum atomic E-state index is 7.29. The van der Waals surface area contributed by atoms with Crippen LogP contribution in [0.4, 0.5) is 5.69 Å². The maximum Gasteiger partial charge on any atom is 0.349 e. The minimum atomic E-state index is -2.78. The van der Waals surface area contributed by atoms with Gasteiger partial charge in [-0.15, -0.1) is 0 Å². The van der Waals surface area contributed by atoms with Crippen molar-refractivity contribution in [3.05, 3.63) is 36.9 Å².